The first-order chi connectivity index (χ1) is 8.75. The van der Waals surface area contributed by atoms with Crippen LogP contribution in [0, 0.1) is 0 Å². The number of pyridine rings is 1. The summed E-state index contributed by atoms with van der Waals surface area (Å²) in [5.74, 6) is -0.323. The molecule has 2 aromatic rings. The summed E-state index contributed by atoms with van der Waals surface area (Å²) in [5, 5.41) is 11.4. The highest BCUT2D eigenvalue weighted by atomic mass is 16.5. The third-order valence-electron chi connectivity index (χ3n) is 2.11. The number of nitrogens with zero attached hydrogens (tertiary/aromatic N) is 3. The molecule has 0 aliphatic carbocycles. The van der Waals surface area contributed by atoms with E-state index in [1.165, 1.54) is 0 Å². The lowest BCUT2D eigenvalue weighted by Gasteiger charge is -2.05. The van der Waals surface area contributed by atoms with Crippen LogP contribution in [0.4, 0.5) is 5.82 Å². The molecule has 0 unspecified atom stereocenters. The number of rotatable bonds is 6. The monoisotopic (exact) mass is 248 g/mol. The number of carbonyl (C=O) groups is 1. The fraction of sp³-hybridized carbons (Fsp3) is 0.273. The number of ether oxygens (including phenoxy) is 1. The van der Waals surface area contributed by atoms with Crippen LogP contribution in [-0.4, -0.2) is 45.8 Å². The lowest BCUT2D eigenvalue weighted by atomic mass is 10.4. The van der Waals surface area contributed by atoms with Gasteiger partial charge in [0.1, 0.15) is 17.9 Å². The van der Waals surface area contributed by atoms with E-state index in [0.717, 1.165) is 5.52 Å². The van der Waals surface area contributed by atoms with Crippen LogP contribution in [0.3, 0.4) is 0 Å². The van der Waals surface area contributed by atoms with Crippen LogP contribution in [0.25, 0.3) is 11.2 Å². The van der Waals surface area contributed by atoms with E-state index in [2.05, 4.69) is 20.3 Å². The van der Waals surface area contributed by atoms with E-state index in [4.69, 9.17) is 9.84 Å². The maximum atomic E-state index is 10.2. The number of aliphatic carboxylic acids is 1. The summed E-state index contributed by atoms with van der Waals surface area (Å²) in [6, 6.07) is 3.60. The van der Waals surface area contributed by atoms with E-state index in [0.29, 0.717) is 24.6 Å². The molecule has 18 heavy (non-hydrogen) atoms. The van der Waals surface area contributed by atoms with Crippen molar-refractivity contribution >= 4 is 23.0 Å². The highest BCUT2D eigenvalue weighted by molar-refractivity contribution is 5.71. The summed E-state index contributed by atoms with van der Waals surface area (Å²) in [4.78, 5) is 22.7. The minimum Gasteiger partial charge on any atom is -0.480 e. The fourth-order valence-electron chi connectivity index (χ4n) is 1.36. The van der Waals surface area contributed by atoms with Crippen molar-refractivity contribution in [2.24, 2.45) is 0 Å². The van der Waals surface area contributed by atoms with E-state index in [-0.39, 0.29) is 6.61 Å². The van der Waals surface area contributed by atoms with Gasteiger partial charge in [-0.05, 0) is 12.1 Å². The molecule has 7 heteroatoms. The summed E-state index contributed by atoms with van der Waals surface area (Å²) in [5.41, 5.74) is 1.29. The van der Waals surface area contributed by atoms with Gasteiger partial charge in [0.05, 0.1) is 6.61 Å². The minimum atomic E-state index is -0.978. The molecule has 0 spiro atoms. The van der Waals surface area contributed by atoms with Crippen molar-refractivity contribution in [3.8, 4) is 0 Å². The number of carboxylic acids is 1. The fourth-order valence-corrected chi connectivity index (χ4v) is 1.36. The number of hydrogen-bond acceptors (Lipinski definition) is 6. The number of nitrogens with one attached hydrogen (secondary N) is 1. The highest BCUT2D eigenvalue weighted by Crippen LogP contribution is 2.09. The summed E-state index contributed by atoms with van der Waals surface area (Å²) in [6.45, 7) is 0.483. The van der Waals surface area contributed by atoms with E-state index in [1.54, 1.807) is 18.5 Å². The Labute approximate surface area is 103 Å². The molecule has 2 N–H and O–H groups in total. The zero-order valence-corrected chi connectivity index (χ0v) is 9.54. The minimum absolute atomic E-state index is 0.293. The van der Waals surface area contributed by atoms with Crippen LogP contribution in [0.15, 0.2) is 24.5 Å². The molecule has 0 aromatic carbocycles. The van der Waals surface area contributed by atoms with Gasteiger partial charge >= 0.3 is 5.97 Å². The van der Waals surface area contributed by atoms with Crippen LogP contribution in [-0.2, 0) is 9.53 Å². The van der Waals surface area contributed by atoms with Gasteiger partial charge in [-0.1, -0.05) is 0 Å². The van der Waals surface area contributed by atoms with Gasteiger partial charge in [0.25, 0.3) is 0 Å². The smallest absolute Gasteiger partial charge is 0.329 e. The Kier molecular flexibility index (Phi) is 3.98. The predicted molar refractivity (Wildman–Crippen MR) is 64.3 cm³/mol. The number of hydrogen-bond donors (Lipinski definition) is 2. The Morgan fingerprint density at radius 2 is 2.17 bits per heavy atom. The Balaban J connectivity index is 1.86. The van der Waals surface area contributed by atoms with Crippen molar-refractivity contribution in [2.45, 2.75) is 0 Å². The molecule has 0 atom stereocenters. The molecule has 0 saturated carbocycles. The topological polar surface area (TPSA) is 97.2 Å². The predicted octanol–water partition coefficient (Wildman–Crippen LogP) is 0.538. The molecule has 94 valence electrons. The summed E-state index contributed by atoms with van der Waals surface area (Å²) in [6.07, 6.45) is 3.19. The van der Waals surface area contributed by atoms with Gasteiger partial charge in [-0.2, -0.15) is 0 Å². The van der Waals surface area contributed by atoms with Gasteiger partial charge in [-0.15, -0.1) is 0 Å². The molecule has 2 heterocycles. The molecule has 0 bridgehead atoms. The Morgan fingerprint density at radius 3 is 3.00 bits per heavy atom. The van der Waals surface area contributed by atoms with Crippen molar-refractivity contribution in [1.29, 1.82) is 0 Å². The van der Waals surface area contributed by atoms with Gasteiger partial charge in [0.2, 0.25) is 0 Å². The number of aromatic nitrogens is 3. The molecular formula is C11H12N4O3. The van der Waals surface area contributed by atoms with E-state index < -0.39 is 5.97 Å². The maximum Gasteiger partial charge on any atom is 0.329 e. The molecule has 0 amide bonds. The highest BCUT2D eigenvalue weighted by Gasteiger charge is 2.00. The summed E-state index contributed by atoms with van der Waals surface area (Å²) < 4.78 is 4.89. The van der Waals surface area contributed by atoms with Crippen LogP contribution in [0.2, 0.25) is 0 Å². The van der Waals surface area contributed by atoms with Gasteiger partial charge in [-0.3, -0.25) is 4.98 Å². The van der Waals surface area contributed by atoms with Crippen molar-refractivity contribution in [3.05, 3.63) is 24.5 Å². The molecule has 0 aliphatic heterocycles. The third kappa shape index (κ3) is 3.36. The summed E-state index contributed by atoms with van der Waals surface area (Å²) in [7, 11) is 0. The Hall–Kier alpha value is -2.28. The molecule has 7 nitrogen and oxygen atoms in total. The lowest BCUT2D eigenvalue weighted by Crippen LogP contribution is -2.14. The first-order valence-electron chi connectivity index (χ1n) is 5.37. The largest absolute Gasteiger partial charge is 0.480 e. The van der Waals surface area contributed by atoms with Crippen LogP contribution < -0.4 is 5.32 Å². The molecule has 2 aromatic heterocycles. The third-order valence-corrected chi connectivity index (χ3v) is 2.11. The van der Waals surface area contributed by atoms with Crippen LogP contribution in [0.5, 0.6) is 0 Å². The van der Waals surface area contributed by atoms with E-state index in [1.807, 2.05) is 6.07 Å². The quantitative estimate of drug-likeness (QED) is 0.720. The molecule has 0 saturated heterocycles. The van der Waals surface area contributed by atoms with Gasteiger partial charge in [-0.25, -0.2) is 14.8 Å². The van der Waals surface area contributed by atoms with Crippen LogP contribution >= 0.6 is 0 Å². The van der Waals surface area contributed by atoms with Crippen molar-refractivity contribution < 1.29 is 14.6 Å². The standard InChI is InChI=1S/C11H12N4O3/c16-10(17)7-18-6-5-13-9-2-1-8-11(15-9)14-4-3-12-8/h1-4H,5-7H2,(H,16,17)(H,13,14,15). The summed E-state index contributed by atoms with van der Waals surface area (Å²) >= 11 is 0. The average molecular weight is 248 g/mol. The second-order valence-corrected chi connectivity index (χ2v) is 3.47. The second kappa shape index (κ2) is 5.87. The number of carboxylic acid groups (broad SMARTS) is 1. The first kappa shape index (κ1) is 12.2. The van der Waals surface area contributed by atoms with Crippen molar-refractivity contribution in [2.75, 3.05) is 25.1 Å². The second-order valence-electron chi connectivity index (χ2n) is 3.47. The lowest BCUT2D eigenvalue weighted by molar-refractivity contribution is -0.142. The van der Waals surface area contributed by atoms with Gasteiger partial charge in [0, 0.05) is 18.9 Å². The molecular weight excluding hydrogens is 236 g/mol. The van der Waals surface area contributed by atoms with E-state index >= 15 is 0 Å². The normalized spacial score (nSPS) is 10.4. The average Bonchev–Trinajstić information content (AvgIpc) is 2.38. The van der Waals surface area contributed by atoms with Gasteiger partial charge in [0.15, 0.2) is 5.65 Å². The Bertz CT molecular complexity index is 547. The number of fused-ring (bicyclic) bond motifs is 1. The molecule has 0 fully saturated rings. The molecule has 0 aliphatic rings. The Morgan fingerprint density at radius 1 is 1.33 bits per heavy atom. The number of anilines is 1. The maximum absolute atomic E-state index is 10.2. The van der Waals surface area contributed by atoms with Crippen LogP contribution in [0.1, 0.15) is 0 Å². The van der Waals surface area contributed by atoms with E-state index in [9.17, 15) is 4.79 Å². The van der Waals surface area contributed by atoms with Crippen molar-refractivity contribution in [3.63, 3.8) is 0 Å². The first-order valence-corrected chi connectivity index (χ1v) is 5.37. The van der Waals surface area contributed by atoms with Gasteiger partial charge < -0.3 is 15.2 Å². The van der Waals surface area contributed by atoms with Crippen molar-refractivity contribution in [1.82, 2.24) is 15.0 Å². The zero-order chi connectivity index (χ0) is 12.8. The molecule has 2 rings (SSSR count). The SMILES string of the molecule is O=C(O)COCCNc1ccc2nccnc2n1. The zero-order valence-electron chi connectivity index (χ0n) is 9.54. The molecule has 0 radical (unpaired) electrons.